The Bertz CT molecular complexity index is 1110. The fourth-order valence-electron chi connectivity index (χ4n) is 3.25. The summed E-state index contributed by atoms with van der Waals surface area (Å²) in [5.74, 6) is 0.667. The van der Waals surface area contributed by atoms with Crippen LogP contribution in [-0.4, -0.2) is 40.5 Å². The fourth-order valence-corrected chi connectivity index (χ4v) is 5.19. The molecule has 29 heavy (non-hydrogen) atoms. The summed E-state index contributed by atoms with van der Waals surface area (Å²) < 4.78 is 58.9. The van der Waals surface area contributed by atoms with Crippen LogP contribution in [0.1, 0.15) is 30.0 Å². The van der Waals surface area contributed by atoms with Crippen LogP contribution in [0.25, 0.3) is 0 Å². The van der Waals surface area contributed by atoms with Crippen LogP contribution in [0.15, 0.2) is 41.3 Å². The van der Waals surface area contributed by atoms with Crippen LogP contribution >= 0.6 is 0 Å². The van der Waals surface area contributed by atoms with Crippen LogP contribution in [0.2, 0.25) is 0 Å². The Hall–Kier alpha value is -2.10. The third-order valence-corrected chi connectivity index (χ3v) is 7.45. The highest BCUT2D eigenvalue weighted by molar-refractivity contribution is 7.92. The Labute approximate surface area is 172 Å². The monoisotopic (exact) mass is 438 g/mol. The zero-order valence-electron chi connectivity index (χ0n) is 16.8. The first-order valence-electron chi connectivity index (χ1n) is 9.43. The standard InChI is InChI=1S/C20H26N2O5S2/c1-4-11-27-20-8-7-19(12-15(20)2)29(25,26)21-18-6-5-16-9-10-22(28(3,23)24)14-17(16)13-18/h5-8,12-13,21H,4,9-11,14H2,1-3H3. The average Bonchev–Trinajstić information content (AvgIpc) is 2.65. The summed E-state index contributed by atoms with van der Waals surface area (Å²) in [6.07, 6.45) is 2.66. The molecule has 0 aliphatic carbocycles. The zero-order chi connectivity index (χ0) is 21.2. The van der Waals surface area contributed by atoms with Gasteiger partial charge in [-0.05, 0) is 66.8 Å². The van der Waals surface area contributed by atoms with Crippen molar-refractivity contribution in [3.05, 3.63) is 53.1 Å². The number of fused-ring (bicyclic) bond motifs is 1. The Morgan fingerprint density at radius 1 is 1.07 bits per heavy atom. The minimum absolute atomic E-state index is 0.148. The Morgan fingerprint density at radius 2 is 1.83 bits per heavy atom. The molecule has 1 N–H and O–H groups in total. The van der Waals surface area contributed by atoms with Crippen LogP contribution in [0.4, 0.5) is 5.69 Å². The van der Waals surface area contributed by atoms with Crippen molar-refractivity contribution in [1.29, 1.82) is 0 Å². The molecular weight excluding hydrogens is 412 g/mol. The van der Waals surface area contributed by atoms with Gasteiger partial charge in [0.15, 0.2) is 0 Å². The van der Waals surface area contributed by atoms with Gasteiger partial charge in [-0.25, -0.2) is 16.8 Å². The molecule has 9 heteroatoms. The fraction of sp³-hybridized carbons (Fsp3) is 0.400. The molecule has 1 heterocycles. The van der Waals surface area contributed by atoms with Gasteiger partial charge in [-0.1, -0.05) is 13.0 Å². The van der Waals surface area contributed by atoms with Crippen LogP contribution in [0.5, 0.6) is 5.75 Å². The number of ether oxygens (including phenoxy) is 1. The molecule has 1 aliphatic rings. The highest BCUT2D eigenvalue weighted by Gasteiger charge is 2.24. The van der Waals surface area contributed by atoms with Crippen molar-refractivity contribution in [1.82, 2.24) is 4.31 Å². The molecule has 0 amide bonds. The minimum Gasteiger partial charge on any atom is -0.493 e. The number of nitrogens with one attached hydrogen (secondary N) is 1. The van der Waals surface area contributed by atoms with E-state index in [2.05, 4.69) is 4.72 Å². The van der Waals surface area contributed by atoms with Gasteiger partial charge in [0.25, 0.3) is 10.0 Å². The molecule has 2 aromatic rings. The van der Waals surface area contributed by atoms with E-state index in [1.807, 2.05) is 19.9 Å². The van der Waals surface area contributed by atoms with Crippen molar-refractivity contribution in [3.8, 4) is 5.75 Å². The Morgan fingerprint density at radius 3 is 2.48 bits per heavy atom. The van der Waals surface area contributed by atoms with Gasteiger partial charge >= 0.3 is 0 Å². The smallest absolute Gasteiger partial charge is 0.261 e. The van der Waals surface area contributed by atoms with Crippen molar-refractivity contribution < 1.29 is 21.6 Å². The maximum atomic E-state index is 12.8. The molecular formula is C20H26N2O5S2. The van der Waals surface area contributed by atoms with Crippen molar-refractivity contribution >= 4 is 25.7 Å². The van der Waals surface area contributed by atoms with Gasteiger partial charge < -0.3 is 4.74 Å². The van der Waals surface area contributed by atoms with E-state index >= 15 is 0 Å². The lowest BCUT2D eigenvalue weighted by atomic mass is 10.0. The lowest BCUT2D eigenvalue weighted by molar-refractivity contribution is 0.315. The second-order valence-electron chi connectivity index (χ2n) is 7.21. The van der Waals surface area contributed by atoms with Gasteiger partial charge in [-0.2, -0.15) is 4.31 Å². The molecule has 3 rings (SSSR count). The van der Waals surface area contributed by atoms with E-state index in [1.165, 1.54) is 16.6 Å². The van der Waals surface area contributed by atoms with Crippen LogP contribution in [0.3, 0.4) is 0 Å². The second-order valence-corrected chi connectivity index (χ2v) is 10.9. The van der Waals surface area contributed by atoms with Crippen molar-refractivity contribution in [2.45, 2.75) is 38.1 Å². The topological polar surface area (TPSA) is 92.8 Å². The third kappa shape index (κ3) is 5.09. The minimum atomic E-state index is -3.78. The highest BCUT2D eigenvalue weighted by Crippen LogP contribution is 2.27. The summed E-state index contributed by atoms with van der Waals surface area (Å²) in [6, 6.07) is 10.0. The number of sulfonamides is 2. The molecule has 158 valence electrons. The van der Waals surface area contributed by atoms with E-state index in [-0.39, 0.29) is 11.4 Å². The molecule has 0 saturated heterocycles. The van der Waals surface area contributed by atoms with Crippen LogP contribution in [-0.2, 0) is 33.0 Å². The molecule has 0 aromatic heterocycles. The molecule has 1 aliphatic heterocycles. The molecule has 2 aromatic carbocycles. The Balaban J connectivity index is 1.82. The summed E-state index contributed by atoms with van der Waals surface area (Å²) in [5.41, 5.74) is 2.99. The first-order chi connectivity index (χ1) is 13.6. The normalized spacial score (nSPS) is 15.0. The van der Waals surface area contributed by atoms with Crippen molar-refractivity contribution in [2.24, 2.45) is 0 Å². The van der Waals surface area contributed by atoms with E-state index in [0.717, 1.165) is 23.1 Å². The van der Waals surface area contributed by atoms with Crippen molar-refractivity contribution in [2.75, 3.05) is 24.1 Å². The quantitative estimate of drug-likeness (QED) is 0.718. The van der Waals surface area contributed by atoms with Gasteiger partial charge in [0, 0.05) is 18.8 Å². The van der Waals surface area contributed by atoms with E-state index in [1.54, 1.807) is 24.3 Å². The number of hydrogen-bond acceptors (Lipinski definition) is 5. The second kappa shape index (κ2) is 8.33. The molecule has 0 unspecified atom stereocenters. The number of hydrogen-bond donors (Lipinski definition) is 1. The average molecular weight is 439 g/mol. The lowest BCUT2D eigenvalue weighted by Gasteiger charge is -2.27. The van der Waals surface area contributed by atoms with Gasteiger partial charge in [-0.15, -0.1) is 0 Å². The van der Waals surface area contributed by atoms with E-state index < -0.39 is 20.0 Å². The predicted molar refractivity (Wildman–Crippen MR) is 113 cm³/mol. The van der Waals surface area contributed by atoms with E-state index in [4.69, 9.17) is 4.74 Å². The molecule has 0 saturated carbocycles. The summed E-state index contributed by atoms with van der Waals surface area (Å²) in [6.45, 7) is 5.06. The van der Waals surface area contributed by atoms with Crippen LogP contribution < -0.4 is 9.46 Å². The SMILES string of the molecule is CCCOc1ccc(S(=O)(=O)Nc2ccc3c(c2)CN(S(C)(=O)=O)CC3)cc1C. The summed E-state index contributed by atoms with van der Waals surface area (Å²) in [5, 5.41) is 0. The number of anilines is 1. The summed E-state index contributed by atoms with van der Waals surface area (Å²) in [7, 11) is -7.07. The van der Waals surface area contributed by atoms with E-state index in [9.17, 15) is 16.8 Å². The maximum Gasteiger partial charge on any atom is 0.261 e. The Kier molecular flexibility index (Phi) is 6.21. The highest BCUT2D eigenvalue weighted by atomic mass is 32.2. The van der Waals surface area contributed by atoms with Gasteiger partial charge in [0.2, 0.25) is 10.0 Å². The largest absolute Gasteiger partial charge is 0.493 e. The van der Waals surface area contributed by atoms with Gasteiger partial charge in [-0.3, -0.25) is 4.72 Å². The first-order valence-corrected chi connectivity index (χ1v) is 12.8. The van der Waals surface area contributed by atoms with Gasteiger partial charge in [0.05, 0.1) is 17.8 Å². The molecule has 0 spiro atoms. The van der Waals surface area contributed by atoms with Gasteiger partial charge in [0.1, 0.15) is 5.75 Å². The first kappa shape index (κ1) is 21.6. The number of nitrogens with zero attached hydrogens (tertiary/aromatic N) is 1. The molecule has 0 bridgehead atoms. The van der Waals surface area contributed by atoms with Crippen LogP contribution in [0, 0.1) is 6.92 Å². The molecule has 0 radical (unpaired) electrons. The summed E-state index contributed by atoms with van der Waals surface area (Å²) >= 11 is 0. The zero-order valence-corrected chi connectivity index (χ0v) is 18.4. The molecule has 0 fully saturated rings. The maximum absolute atomic E-state index is 12.8. The third-order valence-electron chi connectivity index (χ3n) is 4.82. The lowest BCUT2D eigenvalue weighted by Crippen LogP contribution is -2.35. The predicted octanol–water partition coefficient (Wildman–Crippen LogP) is 2.90. The molecule has 0 atom stereocenters. The number of benzene rings is 2. The summed E-state index contributed by atoms with van der Waals surface area (Å²) in [4.78, 5) is 0.148. The number of aryl methyl sites for hydroxylation is 1. The number of rotatable bonds is 7. The van der Waals surface area contributed by atoms with E-state index in [0.29, 0.717) is 31.0 Å². The molecule has 7 nitrogen and oxygen atoms in total. The van der Waals surface area contributed by atoms with Crippen molar-refractivity contribution in [3.63, 3.8) is 0 Å².